The van der Waals surface area contributed by atoms with Crippen molar-refractivity contribution in [3.63, 3.8) is 0 Å². The number of guanidine groups is 1. The molecule has 0 aliphatic heterocycles. The van der Waals surface area contributed by atoms with E-state index >= 15 is 0 Å². The van der Waals surface area contributed by atoms with E-state index in [4.69, 9.17) is 0 Å². The summed E-state index contributed by atoms with van der Waals surface area (Å²) >= 11 is 0. The molecule has 0 saturated carbocycles. The highest BCUT2D eigenvalue weighted by atomic mass is 16.4. The van der Waals surface area contributed by atoms with Crippen LogP contribution in [0.15, 0.2) is 18.2 Å². The highest BCUT2D eigenvalue weighted by molar-refractivity contribution is 5.87. The van der Waals surface area contributed by atoms with E-state index < -0.39 is 5.97 Å². The maximum atomic E-state index is 11.0. The van der Waals surface area contributed by atoms with Gasteiger partial charge in [-0.15, -0.1) is 0 Å². The van der Waals surface area contributed by atoms with Gasteiger partial charge in [-0.2, -0.15) is 0 Å². The summed E-state index contributed by atoms with van der Waals surface area (Å²) in [5.41, 5.74) is 11.5. The van der Waals surface area contributed by atoms with E-state index in [0.29, 0.717) is 5.56 Å². The maximum absolute atomic E-state index is 11.0. The van der Waals surface area contributed by atoms with Crippen LogP contribution in [0.1, 0.15) is 92.6 Å². The molecule has 6 N–H and O–H groups in total. The van der Waals surface area contributed by atoms with E-state index in [1.807, 2.05) is 19.1 Å². The van der Waals surface area contributed by atoms with Crippen LogP contribution in [0, 0.1) is 6.92 Å². The smallest absolute Gasteiger partial charge is 0.336 e. The van der Waals surface area contributed by atoms with Crippen LogP contribution in [0.4, 0.5) is 0 Å². The first-order valence-electron chi connectivity index (χ1n) is 9.83. The first kappa shape index (κ1) is 24.0. The molecule has 0 bridgehead atoms. The average molecular weight is 364 g/mol. The first-order chi connectivity index (χ1) is 12.4. The molecule has 0 atom stereocenters. The Balaban J connectivity index is 0.00000141. The van der Waals surface area contributed by atoms with Crippen molar-refractivity contribution in [3.8, 4) is 0 Å². The van der Waals surface area contributed by atoms with Crippen molar-refractivity contribution in [1.29, 1.82) is 0 Å². The number of benzene rings is 1. The van der Waals surface area contributed by atoms with Gasteiger partial charge in [0.25, 0.3) is 0 Å². The van der Waals surface area contributed by atoms with Gasteiger partial charge in [0.1, 0.15) is 0 Å². The highest BCUT2D eigenvalue weighted by Gasteiger charge is 2.04. The largest absolute Gasteiger partial charge is 0.545 e. The normalized spacial score (nSPS) is 10.1. The van der Waals surface area contributed by atoms with Gasteiger partial charge in [-0.25, -0.2) is 0 Å². The Morgan fingerprint density at radius 2 is 1.42 bits per heavy atom. The van der Waals surface area contributed by atoms with Crippen molar-refractivity contribution in [2.45, 2.75) is 84.5 Å². The van der Waals surface area contributed by atoms with Crippen LogP contribution in [0.5, 0.6) is 0 Å². The van der Waals surface area contributed by atoms with E-state index in [1.54, 1.807) is 6.07 Å². The van der Waals surface area contributed by atoms with E-state index in [1.165, 1.54) is 57.8 Å². The Labute approximate surface area is 158 Å². The van der Waals surface area contributed by atoms with Gasteiger partial charge in [0, 0.05) is 5.56 Å². The molecule has 0 fully saturated rings. The number of carbonyl (C=O) groups excluding carboxylic acids is 1. The lowest BCUT2D eigenvalue weighted by molar-refractivity contribution is -0.255. The fraction of sp³-hybridized carbons (Fsp3) is 0.619. The van der Waals surface area contributed by atoms with Crippen molar-refractivity contribution in [3.05, 3.63) is 34.9 Å². The number of hydrogen-bond acceptors (Lipinski definition) is 2. The molecule has 5 nitrogen and oxygen atoms in total. The van der Waals surface area contributed by atoms with Crippen molar-refractivity contribution in [1.82, 2.24) is 0 Å². The summed E-state index contributed by atoms with van der Waals surface area (Å²) in [4.78, 5) is 11.0. The third-order valence-corrected chi connectivity index (χ3v) is 4.47. The van der Waals surface area contributed by atoms with Crippen molar-refractivity contribution >= 4 is 11.9 Å². The minimum Gasteiger partial charge on any atom is -0.545 e. The number of aryl methyl sites for hydroxylation is 1. The van der Waals surface area contributed by atoms with Gasteiger partial charge in [-0.05, 0) is 30.9 Å². The van der Waals surface area contributed by atoms with Gasteiger partial charge < -0.3 is 9.90 Å². The SMILES string of the molecule is CCCCCCCCCCCCc1cccc(C(=O)[O-])c1C.NC(N)=[NH2+]. The lowest BCUT2D eigenvalue weighted by Crippen LogP contribution is -2.51. The van der Waals surface area contributed by atoms with Crippen LogP contribution in [0.3, 0.4) is 0 Å². The fourth-order valence-electron chi connectivity index (χ4n) is 2.98. The molecule has 0 saturated heterocycles. The summed E-state index contributed by atoms with van der Waals surface area (Å²) in [7, 11) is 0. The molecule has 26 heavy (non-hydrogen) atoms. The molecule has 0 aliphatic carbocycles. The number of nitrogens with two attached hydrogens (primary N) is 3. The minimum absolute atomic E-state index is 0.0833. The molecule has 5 heteroatoms. The standard InChI is InChI=1S/C20H32O2.CH5N3/c1-3-4-5-6-7-8-9-10-11-12-14-18-15-13-16-19(17(18)2)20(21)22;2-1(3)4/h13,15-16H,3-12,14H2,1-2H3,(H,21,22);(H5,2,3,4). The van der Waals surface area contributed by atoms with Gasteiger partial charge in [-0.3, -0.25) is 16.9 Å². The molecule has 0 aromatic heterocycles. The Bertz CT molecular complexity index is 526. The number of carboxylic acid groups (broad SMARTS) is 1. The lowest BCUT2D eigenvalue weighted by Gasteiger charge is -2.11. The number of carbonyl (C=O) groups is 1. The van der Waals surface area contributed by atoms with Gasteiger partial charge in [0.05, 0.1) is 5.97 Å². The average Bonchev–Trinajstić information content (AvgIpc) is 2.57. The summed E-state index contributed by atoms with van der Waals surface area (Å²) in [6.07, 6.45) is 14.2. The first-order valence-corrected chi connectivity index (χ1v) is 9.83. The van der Waals surface area contributed by atoms with E-state index in [2.05, 4.69) is 23.8 Å². The number of unbranched alkanes of at least 4 members (excludes halogenated alkanes) is 9. The molecule has 0 spiro atoms. The lowest BCUT2D eigenvalue weighted by atomic mass is 9.97. The Hall–Kier alpha value is -2.04. The van der Waals surface area contributed by atoms with Crippen LogP contribution >= 0.6 is 0 Å². The molecule has 1 aromatic rings. The zero-order chi connectivity index (χ0) is 19.8. The van der Waals surface area contributed by atoms with Gasteiger partial charge in [0.15, 0.2) is 0 Å². The molecule has 0 amide bonds. The fourth-order valence-corrected chi connectivity index (χ4v) is 2.98. The molecule has 0 heterocycles. The molecule has 0 unspecified atom stereocenters. The zero-order valence-electron chi connectivity index (χ0n) is 16.6. The minimum atomic E-state index is -1.07. The molecule has 0 aliphatic rings. The summed E-state index contributed by atoms with van der Waals surface area (Å²) < 4.78 is 0. The molecule has 1 rings (SSSR count). The second-order valence-corrected chi connectivity index (χ2v) is 6.81. The van der Waals surface area contributed by atoms with Crippen LogP contribution < -0.4 is 22.0 Å². The van der Waals surface area contributed by atoms with Crippen LogP contribution in [0.25, 0.3) is 0 Å². The van der Waals surface area contributed by atoms with Crippen molar-refractivity contribution in [2.24, 2.45) is 11.5 Å². The van der Waals surface area contributed by atoms with Crippen molar-refractivity contribution < 1.29 is 15.3 Å². The summed E-state index contributed by atoms with van der Waals surface area (Å²) in [6, 6.07) is 5.49. The van der Waals surface area contributed by atoms with Gasteiger partial charge >= 0.3 is 5.96 Å². The summed E-state index contributed by atoms with van der Waals surface area (Å²) in [6.45, 7) is 4.14. The van der Waals surface area contributed by atoms with Gasteiger partial charge in [-0.1, -0.05) is 82.9 Å². The van der Waals surface area contributed by atoms with Crippen LogP contribution in [-0.4, -0.2) is 11.9 Å². The summed E-state index contributed by atoms with van der Waals surface area (Å²) in [5, 5.41) is 15.6. The number of aromatic carboxylic acids is 1. The molecule has 1 aromatic carbocycles. The second-order valence-electron chi connectivity index (χ2n) is 6.81. The number of carboxylic acids is 1. The monoisotopic (exact) mass is 363 g/mol. The predicted molar refractivity (Wildman–Crippen MR) is 106 cm³/mol. The van der Waals surface area contributed by atoms with Crippen molar-refractivity contribution in [2.75, 3.05) is 0 Å². The highest BCUT2D eigenvalue weighted by Crippen LogP contribution is 2.17. The molecular formula is C21H37N3O2. The quantitative estimate of drug-likeness (QED) is 0.298. The third-order valence-electron chi connectivity index (χ3n) is 4.47. The predicted octanol–water partition coefficient (Wildman–Crippen LogP) is 1.84. The van der Waals surface area contributed by atoms with Crippen LogP contribution in [0.2, 0.25) is 0 Å². The zero-order valence-corrected chi connectivity index (χ0v) is 16.6. The van der Waals surface area contributed by atoms with Crippen LogP contribution in [-0.2, 0) is 6.42 Å². The Morgan fingerprint density at radius 1 is 0.962 bits per heavy atom. The molecular weight excluding hydrogens is 326 g/mol. The topological polar surface area (TPSA) is 118 Å². The van der Waals surface area contributed by atoms with E-state index in [9.17, 15) is 9.90 Å². The Morgan fingerprint density at radius 3 is 1.88 bits per heavy atom. The Kier molecular flexibility index (Phi) is 14.0. The molecule has 148 valence electrons. The third kappa shape index (κ3) is 12.3. The van der Waals surface area contributed by atoms with E-state index in [0.717, 1.165) is 24.0 Å². The second kappa shape index (κ2) is 15.2. The number of rotatable bonds is 12. The maximum Gasteiger partial charge on any atom is 0.336 e. The molecule has 0 radical (unpaired) electrons. The van der Waals surface area contributed by atoms with E-state index in [-0.39, 0.29) is 5.96 Å². The number of hydrogen-bond donors (Lipinski definition) is 3. The van der Waals surface area contributed by atoms with Gasteiger partial charge in [0.2, 0.25) is 0 Å². The summed E-state index contributed by atoms with van der Waals surface area (Å²) in [5.74, 6) is -1.15.